The number of halogens is 1. The zero-order valence-corrected chi connectivity index (χ0v) is 13.9. The maximum absolute atomic E-state index is 10.9. The van der Waals surface area contributed by atoms with Crippen LogP contribution in [0.5, 0.6) is 5.88 Å². The highest BCUT2D eigenvalue weighted by molar-refractivity contribution is 6.27. The van der Waals surface area contributed by atoms with Gasteiger partial charge < -0.3 is 10.1 Å². The Hall–Kier alpha value is -1.77. The molecular weight excluding hydrogens is 314 g/mol. The van der Waals surface area contributed by atoms with E-state index in [1.165, 1.54) is 24.8 Å². The van der Waals surface area contributed by atoms with Crippen molar-refractivity contribution >= 4 is 17.5 Å². The number of likely N-dealkylation sites (tertiary alicyclic amines) is 1. The van der Waals surface area contributed by atoms with Gasteiger partial charge in [-0.15, -0.1) is 11.6 Å². The zero-order valence-electron chi connectivity index (χ0n) is 13.2. The van der Waals surface area contributed by atoms with E-state index in [9.17, 15) is 4.79 Å². The number of alkyl halides is 1. The molecule has 0 aromatic carbocycles. The van der Waals surface area contributed by atoms with Crippen molar-refractivity contribution in [2.75, 3.05) is 32.1 Å². The van der Waals surface area contributed by atoms with Gasteiger partial charge in [0.2, 0.25) is 11.8 Å². The average molecular weight is 336 g/mol. The molecule has 1 saturated heterocycles. The van der Waals surface area contributed by atoms with E-state index in [1.54, 1.807) is 6.20 Å². The number of piperidine rings is 1. The van der Waals surface area contributed by atoms with E-state index in [0.29, 0.717) is 5.88 Å². The highest BCUT2D eigenvalue weighted by Crippen LogP contribution is 2.15. The molecule has 0 saturated carbocycles. The Bertz CT molecular complexity index is 562. The van der Waals surface area contributed by atoms with Gasteiger partial charge in [-0.3, -0.25) is 9.69 Å². The molecule has 0 atom stereocenters. The maximum Gasteiger partial charge on any atom is 0.235 e. The number of nitrogens with zero attached hydrogens (tertiary/aromatic N) is 2. The molecule has 2 rings (SSSR count). The summed E-state index contributed by atoms with van der Waals surface area (Å²) in [6, 6.07) is 3.99. The molecule has 124 valence electrons. The van der Waals surface area contributed by atoms with Crippen LogP contribution in [-0.2, 0) is 11.3 Å². The number of ether oxygens (including phenoxy) is 1. The van der Waals surface area contributed by atoms with Crippen LogP contribution in [0, 0.1) is 11.8 Å². The van der Waals surface area contributed by atoms with Crippen molar-refractivity contribution in [2.24, 2.45) is 0 Å². The van der Waals surface area contributed by atoms with Gasteiger partial charge in [-0.2, -0.15) is 0 Å². The van der Waals surface area contributed by atoms with Crippen molar-refractivity contribution in [1.29, 1.82) is 0 Å². The van der Waals surface area contributed by atoms with Gasteiger partial charge in [0.1, 0.15) is 5.88 Å². The highest BCUT2D eigenvalue weighted by atomic mass is 35.5. The summed E-state index contributed by atoms with van der Waals surface area (Å²) in [5, 5.41) is 2.56. The second-order valence-electron chi connectivity index (χ2n) is 5.39. The minimum Gasteiger partial charge on any atom is -0.464 e. The van der Waals surface area contributed by atoms with Crippen LogP contribution >= 0.6 is 11.6 Å². The van der Waals surface area contributed by atoms with Crippen LogP contribution < -0.4 is 10.1 Å². The maximum atomic E-state index is 10.9. The average Bonchev–Trinajstić information content (AvgIpc) is 2.59. The van der Waals surface area contributed by atoms with Gasteiger partial charge >= 0.3 is 0 Å². The van der Waals surface area contributed by atoms with E-state index in [4.69, 9.17) is 16.3 Å². The second kappa shape index (κ2) is 10.1. The van der Waals surface area contributed by atoms with Gasteiger partial charge in [-0.05, 0) is 37.6 Å². The van der Waals surface area contributed by atoms with Crippen LogP contribution in [0.3, 0.4) is 0 Å². The number of carbonyl (C=O) groups excluding carboxylic acids is 1. The predicted octanol–water partition coefficient (Wildman–Crippen LogP) is 1.80. The first-order valence-corrected chi connectivity index (χ1v) is 8.40. The van der Waals surface area contributed by atoms with Crippen LogP contribution in [0.4, 0.5) is 0 Å². The molecule has 23 heavy (non-hydrogen) atoms. The van der Waals surface area contributed by atoms with Crippen molar-refractivity contribution in [3.8, 4) is 17.7 Å². The Labute approximate surface area is 142 Å². The standard InChI is InChI=1S/C17H22ClN3O2/c18-13-16(22)19-7-2-5-11-23-17-12-15(6-8-20-17)14-21-9-3-1-4-10-21/h6,8,12H,1,3-4,7,9-11,13-14H2,(H,19,22). The molecule has 1 fully saturated rings. The lowest BCUT2D eigenvalue weighted by molar-refractivity contribution is -0.118. The summed E-state index contributed by atoms with van der Waals surface area (Å²) in [6.45, 7) is 3.79. The summed E-state index contributed by atoms with van der Waals surface area (Å²) < 4.78 is 5.53. The lowest BCUT2D eigenvalue weighted by Gasteiger charge is -2.26. The first kappa shape index (κ1) is 17.6. The number of pyridine rings is 1. The Morgan fingerprint density at radius 3 is 2.96 bits per heavy atom. The monoisotopic (exact) mass is 335 g/mol. The lowest BCUT2D eigenvalue weighted by Crippen LogP contribution is -2.29. The summed E-state index contributed by atoms with van der Waals surface area (Å²) >= 11 is 5.36. The number of carbonyl (C=O) groups is 1. The number of aromatic nitrogens is 1. The molecule has 1 aromatic rings. The Balaban J connectivity index is 1.74. The van der Waals surface area contributed by atoms with Gasteiger partial charge in [0.25, 0.3) is 0 Å². The lowest BCUT2D eigenvalue weighted by atomic mass is 10.1. The molecule has 0 spiro atoms. The number of nitrogens with one attached hydrogen (secondary N) is 1. The first-order valence-electron chi connectivity index (χ1n) is 7.86. The summed E-state index contributed by atoms with van der Waals surface area (Å²) in [5.74, 6) is 5.94. The van der Waals surface area contributed by atoms with Gasteiger partial charge in [0, 0.05) is 18.8 Å². The molecule has 0 radical (unpaired) electrons. The van der Waals surface area contributed by atoms with Crippen molar-refractivity contribution < 1.29 is 9.53 Å². The van der Waals surface area contributed by atoms with E-state index in [-0.39, 0.29) is 24.9 Å². The smallest absolute Gasteiger partial charge is 0.235 e. The van der Waals surface area contributed by atoms with Crippen molar-refractivity contribution in [3.63, 3.8) is 0 Å². The topological polar surface area (TPSA) is 54.5 Å². The van der Waals surface area contributed by atoms with Gasteiger partial charge in [0.05, 0.1) is 6.54 Å². The molecule has 6 heteroatoms. The van der Waals surface area contributed by atoms with E-state index in [0.717, 1.165) is 19.6 Å². The SMILES string of the molecule is O=C(CCl)NCC#CCOc1cc(CN2CCCCC2)ccn1. The molecule has 2 heterocycles. The minimum absolute atomic E-state index is 0.0497. The van der Waals surface area contributed by atoms with Crippen molar-refractivity contribution in [2.45, 2.75) is 25.8 Å². The Morgan fingerprint density at radius 2 is 2.17 bits per heavy atom. The van der Waals surface area contributed by atoms with Crippen LogP contribution in [0.2, 0.25) is 0 Å². The van der Waals surface area contributed by atoms with E-state index >= 15 is 0 Å². The quantitative estimate of drug-likeness (QED) is 0.636. The van der Waals surface area contributed by atoms with Crippen LogP contribution in [-0.4, -0.2) is 47.9 Å². The molecule has 5 nitrogen and oxygen atoms in total. The second-order valence-corrected chi connectivity index (χ2v) is 5.66. The third kappa shape index (κ3) is 6.89. The highest BCUT2D eigenvalue weighted by Gasteiger charge is 2.10. The van der Waals surface area contributed by atoms with Crippen molar-refractivity contribution in [3.05, 3.63) is 23.9 Å². The summed E-state index contributed by atoms with van der Waals surface area (Å²) in [5.41, 5.74) is 1.21. The predicted molar refractivity (Wildman–Crippen MR) is 90.4 cm³/mol. The van der Waals surface area contributed by atoms with E-state index in [2.05, 4.69) is 27.0 Å². The fraction of sp³-hybridized carbons (Fsp3) is 0.529. The zero-order chi connectivity index (χ0) is 16.3. The molecule has 1 aliphatic heterocycles. The van der Waals surface area contributed by atoms with Gasteiger partial charge in [0.15, 0.2) is 6.61 Å². The fourth-order valence-electron chi connectivity index (χ4n) is 2.42. The third-order valence-corrected chi connectivity index (χ3v) is 3.81. The minimum atomic E-state index is -0.228. The third-order valence-electron chi connectivity index (χ3n) is 3.57. The van der Waals surface area contributed by atoms with E-state index < -0.39 is 0 Å². The fourth-order valence-corrected chi connectivity index (χ4v) is 2.51. The summed E-state index contributed by atoms with van der Waals surface area (Å²) in [4.78, 5) is 17.6. The van der Waals surface area contributed by atoms with Crippen molar-refractivity contribution in [1.82, 2.24) is 15.2 Å². The molecular formula is C17H22ClN3O2. The first-order chi connectivity index (χ1) is 11.3. The van der Waals surface area contributed by atoms with Crippen LogP contribution in [0.25, 0.3) is 0 Å². The van der Waals surface area contributed by atoms with Crippen LogP contribution in [0.15, 0.2) is 18.3 Å². The molecule has 1 N–H and O–H groups in total. The molecule has 1 amide bonds. The number of hydrogen-bond acceptors (Lipinski definition) is 4. The molecule has 0 aliphatic carbocycles. The molecule has 1 aromatic heterocycles. The molecule has 0 unspecified atom stereocenters. The Kier molecular flexibility index (Phi) is 7.71. The van der Waals surface area contributed by atoms with E-state index in [1.807, 2.05) is 12.1 Å². The summed E-state index contributed by atoms with van der Waals surface area (Å²) in [7, 11) is 0. The number of amides is 1. The van der Waals surface area contributed by atoms with Crippen LogP contribution in [0.1, 0.15) is 24.8 Å². The molecule has 0 bridgehead atoms. The van der Waals surface area contributed by atoms with Gasteiger partial charge in [-0.25, -0.2) is 4.98 Å². The summed E-state index contributed by atoms with van der Waals surface area (Å²) in [6.07, 6.45) is 5.67. The number of rotatable bonds is 6. The largest absolute Gasteiger partial charge is 0.464 e. The molecule has 1 aliphatic rings. The number of hydrogen-bond donors (Lipinski definition) is 1. The van der Waals surface area contributed by atoms with Gasteiger partial charge in [-0.1, -0.05) is 18.3 Å². The Morgan fingerprint density at radius 1 is 1.35 bits per heavy atom. The normalized spacial score (nSPS) is 14.7.